The van der Waals surface area contributed by atoms with Crippen molar-refractivity contribution in [3.8, 4) is 40.2 Å². The van der Waals surface area contributed by atoms with Crippen LogP contribution in [-0.2, 0) is 44.2 Å². The van der Waals surface area contributed by atoms with Crippen LogP contribution < -0.4 is 18.9 Å². The Labute approximate surface area is 375 Å². The molecule has 0 saturated carbocycles. The molecule has 0 fully saturated rings. The number of aromatic nitrogens is 2. The summed E-state index contributed by atoms with van der Waals surface area (Å²) in [5, 5.41) is 39.5. The Morgan fingerprint density at radius 3 is 1.78 bits per heavy atom. The maximum atomic E-state index is 11.9. The first kappa shape index (κ1) is 45.8. The van der Waals surface area contributed by atoms with Gasteiger partial charge < -0.3 is 34.3 Å². The SMILES string of the molecule is [C-]#[N+]c1cncc(COc2cc(OCc3cccc(-c4cccc(COc5cc(OCc6cncc(C#N)c6)c(CO)cc5Cl)c4C)c3C)c(Cl)cc2CC[C@@](C)(CO)C(=O)O)c1. The third-order valence-electron chi connectivity index (χ3n) is 10.8. The van der Waals surface area contributed by atoms with Crippen molar-refractivity contribution < 1.29 is 39.1 Å². The number of aryl methyl sites for hydroxylation is 1. The van der Waals surface area contributed by atoms with Gasteiger partial charge in [0.15, 0.2) is 0 Å². The van der Waals surface area contributed by atoms with Crippen molar-refractivity contribution in [3.05, 3.63) is 169 Å². The van der Waals surface area contributed by atoms with Crippen molar-refractivity contribution >= 4 is 34.9 Å². The molecule has 12 nitrogen and oxygen atoms in total. The molecule has 3 N–H and O–H groups in total. The number of ether oxygens (including phenoxy) is 4. The molecule has 0 bridgehead atoms. The summed E-state index contributed by atoms with van der Waals surface area (Å²) in [6.45, 7) is 12.6. The summed E-state index contributed by atoms with van der Waals surface area (Å²) in [5.41, 5.74) is 7.73. The number of carboxylic acids is 1. The number of aliphatic carboxylic acids is 1. The Morgan fingerprint density at radius 2 is 1.25 bits per heavy atom. The summed E-state index contributed by atoms with van der Waals surface area (Å²) in [5.74, 6) is 0.434. The van der Waals surface area contributed by atoms with Gasteiger partial charge in [-0.3, -0.25) is 14.8 Å². The number of nitrogens with zero attached hydrogens (tertiary/aromatic N) is 4. The van der Waals surface area contributed by atoms with Crippen molar-refractivity contribution in [1.29, 1.82) is 5.26 Å². The Bertz CT molecular complexity index is 2710. The average molecular weight is 888 g/mol. The molecule has 0 saturated heterocycles. The molecule has 14 heteroatoms. The first-order valence-electron chi connectivity index (χ1n) is 19.8. The molecular weight excluding hydrogens is 843 g/mol. The van der Waals surface area contributed by atoms with Gasteiger partial charge in [-0.2, -0.15) is 5.26 Å². The standard InChI is InChI=1S/C49H44Cl2N4O8/c1-30-36(27-62-46-17-44(60-26-34-14-39(53-4)23-55-22-34)35(15-42(46)50)11-12-49(3,29-57)48(58)59)7-5-9-40(30)41-10-6-8-37(31(41)2)28-63-47-18-45(38(24-56)16-43(47)51)61-25-33-13-32(19-52)20-54-21-33/h5-10,13-18,20-23,56-57H,11-12,24-29H2,1-3H3,(H,58,59)/t49-/m0/s1. The molecule has 0 aliphatic rings. The van der Waals surface area contributed by atoms with Gasteiger partial charge in [-0.25, -0.2) is 4.85 Å². The predicted octanol–water partition coefficient (Wildman–Crippen LogP) is 10.3. The molecule has 0 amide bonds. The first-order chi connectivity index (χ1) is 30.4. The minimum atomic E-state index is -1.37. The van der Waals surface area contributed by atoms with Crippen molar-refractivity contribution in [2.24, 2.45) is 5.41 Å². The average Bonchev–Trinajstić information content (AvgIpc) is 3.29. The van der Waals surface area contributed by atoms with Crippen molar-refractivity contribution in [2.45, 2.75) is 66.6 Å². The molecule has 0 unspecified atom stereocenters. The van der Waals surface area contributed by atoms with Crippen LogP contribution in [0.1, 0.15) is 63.4 Å². The lowest BCUT2D eigenvalue weighted by atomic mass is 9.85. The van der Waals surface area contributed by atoms with Crippen LogP contribution in [0.3, 0.4) is 0 Å². The van der Waals surface area contributed by atoms with Crippen LogP contribution in [0.25, 0.3) is 16.0 Å². The van der Waals surface area contributed by atoms with E-state index in [0.717, 1.165) is 33.4 Å². The van der Waals surface area contributed by atoms with Crippen LogP contribution in [0, 0.1) is 37.2 Å². The number of aliphatic hydroxyl groups excluding tert-OH is 2. The summed E-state index contributed by atoms with van der Waals surface area (Å²) in [6, 6.07) is 24.0. The predicted molar refractivity (Wildman–Crippen MR) is 238 cm³/mol. The number of hydrogen-bond donors (Lipinski definition) is 3. The van der Waals surface area contributed by atoms with E-state index in [0.29, 0.717) is 66.5 Å². The van der Waals surface area contributed by atoms with Gasteiger partial charge in [-0.1, -0.05) is 59.6 Å². The first-order valence-corrected chi connectivity index (χ1v) is 20.6. The third-order valence-corrected chi connectivity index (χ3v) is 11.4. The highest BCUT2D eigenvalue weighted by Gasteiger charge is 2.32. The normalized spacial score (nSPS) is 11.8. The van der Waals surface area contributed by atoms with Gasteiger partial charge >= 0.3 is 5.97 Å². The van der Waals surface area contributed by atoms with E-state index in [1.54, 1.807) is 48.8 Å². The fourth-order valence-electron chi connectivity index (χ4n) is 6.76. The zero-order chi connectivity index (χ0) is 45.1. The van der Waals surface area contributed by atoms with Crippen LogP contribution in [0.5, 0.6) is 23.0 Å². The van der Waals surface area contributed by atoms with Crippen molar-refractivity contribution in [1.82, 2.24) is 9.97 Å². The van der Waals surface area contributed by atoms with Crippen LogP contribution >= 0.6 is 23.2 Å². The van der Waals surface area contributed by atoms with Crippen molar-refractivity contribution in [2.75, 3.05) is 6.61 Å². The van der Waals surface area contributed by atoms with Crippen LogP contribution in [0.2, 0.25) is 10.0 Å². The second-order valence-corrected chi connectivity index (χ2v) is 16.0. The molecule has 6 rings (SSSR count). The largest absolute Gasteiger partial charge is 0.488 e. The maximum absolute atomic E-state index is 11.9. The lowest BCUT2D eigenvalue weighted by molar-refractivity contribution is -0.150. The molecule has 322 valence electrons. The number of carboxylic acid groups (broad SMARTS) is 1. The number of nitriles is 1. The van der Waals surface area contributed by atoms with Crippen molar-refractivity contribution in [3.63, 3.8) is 0 Å². The summed E-state index contributed by atoms with van der Waals surface area (Å²) in [4.78, 5) is 23.6. The third kappa shape index (κ3) is 11.2. The fourth-order valence-corrected chi connectivity index (χ4v) is 7.24. The molecule has 0 spiro atoms. The van der Waals surface area contributed by atoms with Gasteiger partial charge in [0.1, 0.15) is 55.5 Å². The molecule has 2 heterocycles. The van der Waals surface area contributed by atoms with Gasteiger partial charge in [-0.05, 0) is 102 Å². The zero-order valence-corrected chi connectivity index (χ0v) is 36.3. The maximum Gasteiger partial charge on any atom is 0.311 e. The van der Waals surface area contributed by atoms with Crippen LogP contribution in [0.4, 0.5) is 5.69 Å². The van der Waals surface area contributed by atoms with E-state index < -0.39 is 18.0 Å². The van der Waals surface area contributed by atoms with Gasteiger partial charge in [0.2, 0.25) is 5.69 Å². The highest BCUT2D eigenvalue weighted by Crippen LogP contribution is 2.38. The number of aliphatic hydroxyl groups is 2. The Balaban J connectivity index is 1.19. The Morgan fingerprint density at radius 1 is 0.730 bits per heavy atom. The number of rotatable bonds is 19. The molecule has 4 aromatic carbocycles. The van der Waals surface area contributed by atoms with E-state index in [1.807, 2.05) is 50.2 Å². The van der Waals surface area contributed by atoms with E-state index in [2.05, 4.69) is 20.9 Å². The fraction of sp³-hybridized carbons (Fsp3) is 0.245. The number of pyridine rings is 2. The Hall–Kier alpha value is -6.67. The zero-order valence-electron chi connectivity index (χ0n) is 34.8. The van der Waals surface area contributed by atoms with Gasteiger partial charge in [0, 0.05) is 48.0 Å². The van der Waals surface area contributed by atoms with Gasteiger partial charge in [0.25, 0.3) is 0 Å². The molecule has 63 heavy (non-hydrogen) atoms. The molecule has 2 aromatic heterocycles. The molecular formula is C49H44Cl2N4O8. The number of halogens is 2. The van der Waals surface area contributed by atoms with Crippen LogP contribution in [-0.4, -0.2) is 37.9 Å². The van der Waals surface area contributed by atoms with Gasteiger partial charge in [-0.15, -0.1) is 0 Å². The molecule has 0 aliphatic heterocycles. The number of hydrogen-bond acceptors (Lipinski definition) is 10. The second kappa shape index (κ2) is 20.9. The Kier molecular flexibility index (Phi) is 15.2. The van der Waals surface area contributed by atoms with E-state index in [9.17, 15) is 25.4 Å². The molecule has 1 atom stereocenters. The molecule has 0 aliphatic carbocycles. The number of carbonyl (C=O) groups is 1. The number of benzene rings is 4. The van der Waals surface area contributed by atoms with E-state index in [4.69, 9.17) is 48.7 Å². The summed E-state index contributed by atoms with van der Waals surface area (Å²) in [6.07, 6.45) is 6.52. The van der Waals surface area contributed by atoms with Gasteiger partial charge in [0.05, 0.1) is 40.8 Å². The summed E-state index contributed by atoms with van der Waals surface area (Å²) < 4.78 is 24.8. The van der Waals surface area contributed by atoms with E-state index in [1.165, 1.54) is 19.3 Å². The quantitative estimate of drug-likeness (QED) is 0.0662. The monoisotopic (exact) mass is 886 g/mol. The minimum Gasteiger partial charge on any atom is -0.488 e. The van der Waals surface area contributed by atoms with E-state index in [-0.39, 0.29) is 45.9 Å². The topological polar surface area (TPSA) is 169 Å². The summed E-state index contributed by atoms with van der Waals surface area (Å²) in [7, 11) is 0. The summed E-state index contributed by atoms with van der Waals surface area (Å²) >= 11 is 13.4. The van der Waals surface area contributed by atoms with E-state index >= 15 is 0 Å². The highest BCUT2D eigenvalue weighted by molar-refractivity contribution is 6.32. The lowest BCUT2D eigenvalue weighted by Gasteiger charge is -2.23. The smallest absolute Gasteiger partial charge is 0.311 e. The lowest BCUT2D eigenvalue weighted by Crippen LogP contribution is -2.32. The second-order valence-electron chi connectivity index (χ2n) is 15.2. The van der Waals surface area contributed by atoms with Crippen LogP contribution in [0.15, 0.2) is 97.6 Å². The minimum absolute atomic E-state index is 0.0855. The molecule has 0 radical (unpaired) electrons. The highest BCUT2D eigenvalue weighted by atomic mass is 35.5. The molecule has 6 aromatic rings.